The Bertz CT molecular complexity index is 776. The fraction of sp³-hybridized carbons (Fsp3) is 0.263. The fourth-order valence-corrected chi connectivity index (χ4v) is 3.08. The van der Waals surface area contributed by atoms with Crippen LogP contribution in [0.25, 0.3) is 11.0 Å². The van der Waals surface area contributed by atoms with Crippen molar-refractivity contribution in [3.63, 3.8) is 0 Å². The molecule has 0 amide bonds. The SMILES string of the molecule is Cc1cc(C)c(CC(N=O)c2cc3ccccc3o2)c(C)c1. The van der Waals surface area contributed by atoms with Crippen LogP contribution in [0.3, 0.4) is 0 Å². The highest BCUT2D eigenvalue weighted by molar-refractivity contribution is 5.77. The van der Waals surface area contributed by atoms with E-state index in [1.165, 1.54) is 22.3 Å². The molecule has 22 heavy (non-hydrogen) atoms. The summed E-state index contributed by atoms with van der Waals surface area (Å²) in [6, 6.07) is 13.5. The third-order valence-electron chi connectivity index (χ3n) is 4.14. The highest BCUT2D eigenvalue weighted by Crippen LogP contribution is 2.30. The lowest BCUT2D eigenvalue weighted by Crippen LogP contribution is -2.03. The molecule has 0 fully saturated rings. The quantitative estimate of drug-likeness (QED) is 0.604. The molecule has 0 aliphatic rings. The number of nitroso groups, excluding NO2 is 1. The summed E-state index contributed by atoms with van der Waals surface area (Å²) in [6.07, 6.45) is 0.571. The van der Waals surface area contributed by atoms with Crippen LogP contribution < -0.4 is 0 Å². The zero-order chi connectivity index (χ0) is 15.7. The molecule has 2 aromatic carbocycles. The predicted octanol–water partition coefficient (Wildman–Crippen LogP) is 5.41. The molecule has 3 nitrogen and oxygen atoms in total. The minimum atomic E-state index is -0.493. The van der Waals surface area contributed by atoms with Crippen molar-refractivity contribution < 1.29 is 4.42 Å². The Morgan fingerprint density at radius 3 is 2.36 bits per heavy atom. The number of furan rings is 1. The first-order valence-electron chi connectivity index (χ1n) is 7.46. The van der Waals surface area contributed by atoms with Crippen LogP contribution in [0.1, 0.15) is 34.1 Å². The second kappa shape index (κ2) is 5.76. The van der Waals surface area contributed by atoms with Crippen LogP contribution in [-0.2, 0) is 6.42 Å². The van der Waals surface area contributed by atoms with Gasteiger partial charge in [-0.05, 0) is 49.6 Å². The smallest absolute Gasteiger partial charge is 0.153 e. The first kappa shape index (κ1) is 14.5. The predicted molar refractivity (Wildman–Crippen MR) is 89.1 cm³/mol. The molecule has 1 atom stereocenters. The number of nitrogens with zero attached hydrogens (tertiary/aromatic N) is 1. The molecule has 0 spiro atoms. The van der Waals surface area contributed by atoms with Crippen molar-refractivity contribution in [3.8, 4) is 0 Å². The van der Waals surface area contributed by atoms with Crippen molar-refractivity contribution in [1.82, 2.24) is 0 Å². The van der Waals surface area contributed by atoms with Gasteiger partial charge >= 0.3 is 0 Å². The van der Waals surface area contributed by atoms with E-state index in [0.29, 0.717) is 12.2 Å². The zero-order valence-corrected chi connectivity index (χ0v) is 13.1. The van der Waals surface area contributed by atoms with Crippen LogP contribution in [0, 0.1) is 25.7 Å². The maximum absolute atomic E-state index is 11.4. The van der Waals surface area contributed by atoms with Crippen molar-refractivity contribution >= 4 is 11.0 Å². The molecule has 0 radical (unpaired) electrons. The zero-order valence-electron chi connectivity index (χ0n) is 13.1. The normalized spacial score (nSPS) is 12.5. The van der Waals surface area contributed by atoms with Crippen molar-refractivity contribution in [2.75, 3.05) is 0 Å². The van der Waals surface area contributed by atoms with Crippen LogP contribution in [0.4, 0.5) is 0 Å². The third kappa shape index (κ3) is 2.67. The molecule has 0 N–H and O–H groups in total. The minimum absolute atomic E-state index is 0.493. The Kier molecular flexibility index (Phi) is 3.80. The molecule has 0 bridgehead atoms. The molecule has 3 aromatic rings. The Morgan fingerprint density at radius 2 is 1.73 bits per heavy atom. The topological polar surface area (TPSA) is 42.6 Å². The molecular formula is C19H19NO2. The van der Waals surface area contributed by atoms with Gasteiger partial charge in [-0.3, -0.25) is 0 Å². The van der Waals surface area contributed by atoms with Crippen molar-refractivity contribution in [1.29, 1.82) is 0 Å². The van der Waals surface area contributed by atoms with Gasteiger partial charge in [0.15, 0.2) is 6.04 Å². The van der Waals surface area contributed by atoms with Crippen LogP contribution in [0.2, 0.25) is 0 Å². The standard InChI is InChI=1S/C19H19NO2/c1-12-8-13(2)16(14(3)9-12)11-17(20-21)19-10-15-6-4-5-7-18(15)22-19/h4-10,17H,11H2,1-3H3. The van der Waals surface area contributed by atoms with Gasteiger partial charge in [-0.15, -0.1) is 0 Å². The Morgan fingerprint density at radius 1 is 1.05 bits per heavy atom. The van der Waals surface area contributed by atoms with Crippen LogP contribution in [-0.4, -0.2) is 0 Å². The Balaban J connectivity index is 1.97. The molecule has 112 valence electrons. The number of rotatable bonds is 4. The molecule has 0 saturated heterocycles. The molecule has 1 aromatic heterocycles. The van der Waals surface area contributed by atoms with E-state index in [-0.39, 0.29) is 0 Å². The van der Waals surface area contributed by atoms with Crippen molar-refractivity contribution in [3.05, 3.63) is 75.4 Å². The van der Waals surface area contributed by atoms with Gasteiger partial charge in [-0.2, -0.15) is 4.91 Å². The number of aryl methyl sites for hydroxylation is 3. The molecule has 1 unspecified atom stereocenters. The Hall–Kier alpha value is -2.42. The van der Waals surface area contributed by atoms with E-state index in [1.807, 2.05) is 30.3 Å². The number of hydrogen-bond donors (Lipinski definition) is 0. The lowest BCUT2D eigenvalue weighted by molar-refractivity contribution is 0.493. The maximum atomic E-state index is 11.4. The molecule has 3 rings (SSSR count). The Labute approximate surface area is 129 Å². The summed E-state index contributed by atoms with van der Waals surface area (Å²) in [4.78, 5) is 11.4. The lowest BCUT2D eigenvalue weighted by Gasteiger charge is -2.13. The van der Waals surface area contributed by atoms with E-state index in [2.05, 4.69) is 38.1 Å². The highest BCUT2D eigenvalue weighted by atomic mass is 16.3. The first-order chi connectivity index (χ1) is 10.6. The summed E-state index contributed by atoms with van der Waals surface area (Å²) in [5.74, 6) is 0.635. The van der Waals surface area contributed by atoms with Gasteiger partial charge in [0.2, 0.25) is 0 Å². The molecule has 0 aliphatic heterocycles. The summed E-state index contributed by atoms with van der Waals surface area (Å²) in [6.45, 7) is 6.24. The first-order valence-corrected chi connectivity index (χ1v) is 7.46. The van der Waals surface area contributed by atoms with Crippen LogP contribution in [0.15, 0.2) is 52.1 Å². The second-order valence-corrected chi connectivity index (χ2v) is 5.89. The van der Waals surface area contributed by atoms with Gasteiger partial charge in [0.05, 0.1) is 0 Å². The van der Waals surface area contributed by atoms with E-state index in [0.717, 1.165) is 11.0 Å². The van der Waals surface area contributed by atoms with Crippen LogP contribution in [0.5, 0.6) is 0 Å². The lowest BCUT2D eigenvalue weighted by atomic mass is 9.94. The van der Waals surface area contributed by atoms with Crippen molar-refractivity contribution in [2.45, 2.75) is 33.2 Å². The van der Waals surface area contributed by atoms with E-state index in [4.69, 9.17) is 4.42 Å². The maximum Gasteiger partial charge on any atom is 0.153 e. The highest BCUT2D eigenvalue weighted by Gasteiger charge is 2.19. The monoisotopic (exact) mass is 293 g/mol. The van der Waals surface area contributed by atoms with E-state index < -0.39 is 6.04 Å². The third-order valence-corrected chi connectivity index (χ3v) is 4.14. The molecular weight excluding hydrogens is 274 g/mol. The minimum Gasteiger partial charge on any atom is -0.459 e. The summed E-state index contributed by atoms with van der Waals surface area (Å²) in [7, 11) is 0. The number of benzene rings is 2. The van der Waals surface area contributed by atoms with Gasteiger partial charge < -0.3 is 4.42 Å². The average molecular weight is 293 g/mol. The van der Waals surface area contributed by atoms with E-state index in [1.54, 1.807) is 0 Å². The van der Waals surface area contributed by atoms with Gasteiger partial charge in [-0.1, -0.05) is 41.1 Å². The summed E-state index contributed by atoms with van der Waals surface area (Å²) in [5, 5.41) is 4.31. The second-order valence-electron chi connectivity index (χ2n) is 5.89. The van der Waals surface area contributed by atoms with Gasteiger partial charge in [0.25, 0.3) is 0 Å². The summed E-state index contributed by atoms with van der Waals surface area (Å²) < 4.78 is 5.80. The van der Waals surface area contributed by atoms with Gasteiger partial charge in [-0.25, -0.2) is 0 Å². The summed E-state index contributed by atoms with van der Waals surface area (Å²) in [5.41, 5.74) is 5.60. The number of hydrogen-bond acceptors (Lipinski definition) is 3. The van der Waals surface area contributed by atoms with Gasteiger partial charge in [0, 0.05) is 11.8 Å². The fourth-order valence-electron chi connectivity index (χ4n) is 3.08. The van der Waals surface area contributed by atoms with E-state index >= 15 is 0 Å². The summed E-state index contributed by atoms with van der Waals surface area (Å²) >= 11 is 0. The number of para-hydroxylation sites is 1. The average Bonchev–Trinajstić information content (AvgIpc) is 2.90. The number of fused-ring (bicyclic) bond motifs is 1. The molecule has 0 saturated carbocycles. The van der Waals surface area contributed by atoms with E-state index in [9.17, 15) is 4.91 Å². The van der Waals surface area contributed by atoms with Crippen molar-refractivity contribution in [2.24, 2.45) is 5.18 Å². The molecule has 3 heteroatoms. The van der Waals surface area contributed by atoms with Crippen LogP contribution >= 0.6 is 0 Å². The molecule has 1 heterocycles. The van der Waals surface area contributed by atoms with Gasteiger partial charge in [0.1, 0.15) is 11.3 Å². The largest absolute Gasteiger partial charge is 0.459 e. The molecule has 0 aliphatic carbocycles.